The van der Waals surface area contributed by atoms with Gasteiger partial charge in [-0.1, -0.05) is 42.0 Å². The van der Waals surface area contributed by atoms with Crippen molar-refractivity contribution >= 4 is 22.5 Å². The highest BCUT2D eigenvalue weighted by molar-refractivity contribution is 8.57. The van der Waals surface area contributed by atoms with E-state index >= 15 is 0 Å². The van der Waals surface area contributed by atoms with Gasteiger partial charge in [-0.3, -0.25) is 0 Å². The van der Waals surface area contributed by atoms with E-state index in [9.17, 15) is 0 Å². The molecule has 0 heterocycles. The summed E-state index contributed by atoms with van der Waals surface area (Å²) in [4.78, 5) is 1.25. The molecule has 0 spiro atoms. The van der Waals surface area contributed by atoms with Crippen molar-refractivity contribution in [1.29, 1.82) is 0 Å². The van der Waals surface area contributed by atoms with Crippen molar-refractivity contribution in [2.45, 2.75) is 18.2 Å². The zero-order chi connectivity index (χ0) is 11.4. The summed E-state index contributed by atoms with van der Waals surface area (Å²) in [5, 5.41) is 0. The van der Waals surface area contributed by atoms with Crippen LogP contribution in [0.15, 0.2) is 53.4 Å². The molecule has 2 aromatic carbocycles. The molecule has 2 aromatic rings. The normalized spacial score (nSPS) is 10.4. The molecule has 0 N–H and O–H groups in total. The first-order valence-corrected chi connectivity index (χ1v) is 7.32. The molecule has 0 saturated heterocycles. The first-order valence-electron chi connectivity index (χ1n) is 5.27. The van der Waals surface area contributed by atoms with E-state index in [4.69, 9.17) is 0 Å². The van der Waals surface area contributed by atoms with Crippen molar-refractivity contribution in [3.05, 3.63) is 65.2 Å². The lowest BCUT2D eigenvalue weighted by atomic mass is 10.0. The maximum atomic E-state index is 4.23. The minimum absolute atomic E-state index is 1.00. The van der Waals surface area contributed by atoms with Crippen molar-refractivity contribution in [2.24, 2.45) is 0 Å². The Morgan fingerprint density at radius 1 is 0.875 bits per heavy atom. The highest BCUT2D eigenvalue weighted by Crippen LogP contribution is 2.13. The fourth-order valence-electron chi connectivity index (χ4n) is 1.62. The fraction of sp³-hybridized carbons (Fsp3) is 0.143. The van der Waals surface area contributed by atoms with Crippen molar-refractivity contribution in [3.8, 4) is 0 Å². The zero-order valence-corrected chi connectivity index (χ0v) is 11.0. The summed E-state index contributed by atoms with van der Waals surface area (Å²) < 4.78 is 0. The van der Waals surface area contributed by atoms with Crippen LogP contribution in [0.3, 0.4) is 0 Å². The Bertz CT molecular complexity index is 443. The van der Waals surface area contributed by atoms with Crippen LogP contribution in [0, 0.1) is 6.92 Å². The molecule has 0 nitrogen and oxygen atoms in total. The van der Waals surface area contributed by atoms with Crippen LogP contribution in [0.5, 0.6) is 0 Å². The van der Waals surface area contributed by atoms with Crippen LogP contribution in [0.4, 0.5) is 0 Å². The van der Waals surface area contributed by atoms with E-state index in [1.807, 2.05) is 0 Å². The summed E-state index contributed by atoms with van der Waals surface area (Å²) in [6.45, 7) is 2.12. The SMILES string of the molecule is Cc1ccc(Cc2ccc([SH+]S)cc2)cc1. The van der Waals surface area contributed by atoms with Gasteiger partial charge in [0.25, 0.3) is 0 Å². The van der Waals surface area contributed by atoms with Gasteiger partial charge < -0.3 is 0 Å². The summed E-state index contributed by atoms with van der Waals surface area (Å²) in [6, 6.07) is 17.3. The summed E-state index contributed by atoms with van der Waals surface area (Å²) in [5.41, 5.74) is 4.03. The molecule has 0 bridgehead atoms. The van der Waals surface area contributed by atoms with Crippen LogP contribution >= 0.6 is 11.7 Å². The van der Waals surface area contributed by atoms with Crippen LogP contribution in [0.2, 0.25) is 0 Å². The van der Waals surface area contributed by atoms with Gasteiger partial charge in [0.05, 0.1) is 22.5 Å². The second-order valence-corrected chi connectivity index (χ2v) is 5.25. The molecule has 0 radical (unpaired) electrons. The van der Waals surface area contributed by atoms with E-state index in [-0.39, 0.29) is 0 Å². The lowest BCUT2D eigenvalue weighted by Crippen LogP contribution is -1.88. The Labute approximate surface area is 106 Å². The molecular formula is C14H15S2+. The van der Waals surface area contributed by atoms with E-state index in [0.717, 1.165) is 17.2 Å². The molecule has 0 saturated carbocycles. The van der Waals surface area contributed by atoms with Gasteiger partial charge in [0.1, 0.15) is 0 Å². The van der Waals surface area contributed by atoms with Gasteiger partial charge in [0.2, 0.25) is 0 Å². The topological polar surface area (TPSA) is 0 Å². The average Bonchev–Trinajstić information content (AvgIpc) is 2.33. The number of hydrogen-bond donors (Lipinski definition) is 1. The van der Waals surface area contributed by atoms with Gasteiger partial charge >= 0.3 is 0 Å². The summed E-state index contributed by atoms with van der Waals surface area (Å²) in [5.74, 6) is 0. The molecule has 0 aliphatic heterocycles. The number of aryl methyl sites for hydroxylation is 1. The Balaban J connectivity index is 2.11. The third-order valence-electron chi connectivity index (χ3n) is 2.58. The van der Waals surface area contributed by atoms with Crippen molar-refractivity contribution in [3.63, 3.8) is 0 Å². The van der Waals surface area contributed by atoms with Gasteiger partial charge in [-0.25, -0.2) is 0 Å². The molecule has 0 amide bonds. The maximum absolute atomic E-state index is 4.23. The van der Waals surface area contributed by atoms with Crippen molar-refractivity contribution in [1.82, 2.24) is 0 Å². The largest absolute Gasteiger partial charge is 0.165 e. The average molecular weight is 247 g/mol. The van der Waals surface area contributed by atoms with Crippen molar-refractivity contribution < 1.29 is 0 Å². The smallest absolute Gasteiger partial charge is 0.0590 e. The van der Waals surface area contributed by atoms with Gasteiger partial charge in [0, 0.05) is 0 Å². The highest BCUT2D eigenvalue weighted by atomic mass is 33.1. The monoisotopic (exact) mass is 247 g/mol. The first kappa shape index (κ1) is 11.6. The molecule has 2 heteroatoms. The molecule has 2 rings (SSSR count). The van der Waals surface area contributed by atoms with E-state index in [1.165, 1.54) is 21.6 Å². The molecule has 0 aliphatic carbocycles. The van der Waals surface area contributed by atoms with Crippen LogP contribution in [-0.4, -0.2) is 0 Å². The van der Waals surface area contributed by atoms with Gasteiger partial charge in [-0.15, -0.1) is 0 Å². The minimum Gasteiger partial charge on any atom is -0.0590 e. The Kier molecular flexibility index (Phi) is 3.97. The van der Waals surface area contributed by atoms with E-state index in [1.54, 1.807) is 0 Å². The second kappa shape index (κ2) is 5.46. The van der Waals surface area contributed by atoms with Gasteiger partial charge in [0.15, 0.2) is 4.90 Å². The standard InChI is InChI=1S/C14H14S2/c1-11-2-4-12(5-3-11)10-13-6-8-14(16-15)9-7-13/h2-9,15H,10H2,1H3/p+1. The molecule has 0 aromatic heterocycles. The molecular weight excluding hydrogens is 232 g/mol. The Morgan fingerprint density at radius 2 is 1.38 bits per heavy atom. The molecule has 0 atom stereocenters. The highest BCUT2D eigenvalue weighted by Gasteiger charge is 2.00. The molecule has 0 fully saturated rings. The van der Waals surface area contributed by atoms with E-state index in [0.29, 0.717) is 0 Å². The first-order chi connectivity index (χ1) is 7.78. The quantitative estimate of drug-likeness (QED) is 0.478. The Hall–Kier alpha value is -0.860. The Morgan fingerprint density at radius 3 is 1.88 bits per heavy atom. The van der Waals surface area contributed by atoms with Crippen LogP contribution in [-0.2, 0) is 17.2 Å². The van der Waals surface area contributed by atoms with Crippen LogP contribution in [0.25, 0.3) is 0 Å². The third-order valence-corrected chi connectivity index (χ3v) is 3.80. The number of benzene rings is 2. The summed E-state index contributed by atoms with van der Waals surface area (Å²) in [7, 11) is 1.03. The molecule has 0 aliphatic rings. The summed E-state index contributed by atoms with van der Waals surface area (Å²) in [6.07, 6.45) is 1.00. The predicted octanol–water partition coefficient (Wildman–Crippen LogP) is 3.60. The molecule has 82 valence electrons. The molecule has 0 unspecified atom stereocenters. The summed E-state index contributed by atoms with van der Waals surface area (Å²) >= 11 is 4.23. The fourth-order valence-corrected chi connectivity index (χ4v) is 2.30. The van der Waals surface area contributed by atoms with Crippen molar-refractivity contribution in [2.75, 3.05) is 0 Å². The minimum atomic E-state index is 1.00. The van der Waals surface area contributed by atoms with E-state index in [2.05, 4.69) is 67.1 Å². The third kappa shape index (κ3) is 3.06. The van der Waals surface area contributed by atoms with Crippen LogP contribution < -0.4 is 0 Å². The maximum Gasteiger partial charge on any atom is 0.165 e. The predicted molar refractivity (Wildman–Crippen MR) is 76.4 cm³/mol. The second-order valence-electron chi connectivity index (χ2n) is 3.93. The number of hydrogen-bond acceptors (Lipinski definition) is 1. The number of rotatable bonds is 3. The van der Waals surface area contributed by atoms with Gasteiger partial charge in [-0.2, -0.15) is 0 Å². The van der Waals surface area contributed by atoms with E-state index < -0.39 is 0 Å². The lowest BCUT2D eigenvalue weighted by molar-refractivity contribution is 1.18. The molecule has 16 heavy (non-hydrogen) atoms. The zero-order valence-electron chi connectivity index (χ0n) is 9.22. The van der Waals surface area contributed by atoms with Gasteiger partial charge in [-0.05, 0) is 36.6 Å². The number of thiol groups is 2. The lowest BCUT2D eigenvalue weighted by Gasteiger charge is -2.02. The van der Waals surface area contributed by atoms with Crippen LogP contribution in [0.1, 0.15) is 16.7 Å².